The Balaban J connectivity index is 1.76. The van der Waals surface area contributed by atoms with Crippen molar-refractivity contribution < 1.29 is 9.47 Å². The van der Waals surface area contributed by atoms with E-state index in [4.69, 9.17) is 21.1 Å². The van der Waals surface area contributed by atoms with Crippen molar-refractivity contribution in [3.63, 3.8) is 0 Å². The molecule has 0 radical (unpaired) electrons. The number of nitrogens with one attached hydrogen (secondary N) is 1. The molecular weight excluding hydrogens is 442 g/mol. The summed E-state index contributed by atoms with van der Waals surface area (Å²) in [5.41, 5.74) is 4.64. The summed E-state index contributed by atoms with van der Waals surface area (Å²) in [7, 11) is 0. The Hall–Kier alpha value is -2.57. The second-order valence-electron chi connectivity index (χ2n) is 5.72. The van der Waals surface area contributed by atoms with Gasteiger partial charge in [-0.15, -0.1) is 0 Å². The first-order chi connectivity index (χ1) is 13.7. The quantitative estimate of drug-likeness (QED) is 0.335. The Kier molecular flexibility index (Phi) is 7.28. The van der Waals surface area contributed by atoms with Gasteiger partial charge in [0.15, 0.2) is 11.5 Å². The second kappa shape index (κ2) is 10.1. The van der Waals surface area contributed by atoms with Crippen molar-refractivity contribution in [2.75, 3.05) is 12.0 Å². The van der Waals surface area contributed by atoms with E-state index in [1.807, 2.05) is 61.5 Å². The lowest BCUT2D eigenvalue weighted by Gasteiger charge is -2.14. The normalized spacial score (nSPS) is 10.8. The fourth-order valence-electron chi connectivity index (χ4n) is 2.40. The third-order valence-corrected chi connectivity index (χ3v) is 4.81. The van der Waals surface area contributed by atoms with Crippen LogP contribution in [0.15, 0.2) is 70.4 Å². The average molecular weight is 461 g/mol. The molecule has 0 saturated carbocycles. The molecule has 3 rings (SSSR count). The molecule has 0 aliphatic carbocycles. The summed E-state index contributed by atoms with van der Waals surface area (Å²) in [5, 5.41) is 4.90. The van der Waals surface area contributed by atoms with E-state index in [0.717, 1.165) is 15.6 Å². The number of ether oxygens (including phenoxy) is 2. The molecule has 0 saturated heterocycles. The molecule has 1 N–H and O–H groups in total. The number of hydrogen-bond donors (Lipinski definition) is 1. The monoisotopic (exact) mass is 459 g/mol. The van der Waals surface area contributed by atoms with E-state index in [-0.39, 0.29) is 0 Å². The smallest absolute Gasteiger partial charge is 0.162 e. The van der Waals surface area contributed by atoms with Gasteiger partial charge in [0.1, 0.15) is 12.4 Å². The van der Waals surface area contributed by atoms with Crippen molar-refractivity contribution >= 4 is 39.6 Å². The Bertz CT molecular complexity index is 952. The molecule has 7 heteroatoms. The highest BCUT2D eigenvalue weighted by Gasteiger charge is 2.11. The van der Waals surface area contributed by atoms with Gasteiger partial charge in [-0.25, -0.2) is 4.98 Å². The zero-order valence-electron chi connectivity index (χ0n) is 15.2. The van der Waals surface area contributed by atoms with Crippen LogP contribution in [0.3, 0.4) is 0 Å². The number of benzene rings is 2. The highest BCUT2D eigenvalue weighted by Crippen LogP contribution is 2.34. The van der Waals surface area contributed by atoms with Gasteiger partial charge in [-0.3, -0.25) is 5.43 Å². The van der Waals surface area contributed by atoms with Crippen molar-refractivity contribution in [3.05, 3.63) is 81.4 Å². The summed E-state index contributed by atoms with van der Waals surface area (Å²) in [6, 6.07) is 16.9. The predicted octanol–water partition coefficient (Wildman–Crippen LogP) is 5.92. The molecule has 5 nitrogen and oxygen atoms in total. The standard InChI is InChI=1S/C21H19BrClN3O2/c1-2-27-19-11-16(13-25-26-21-9-5-6-10-24-21)17(22)12-20(19)28-14-15-7-3-4-8-18(15)23/h3-13H,2,14H2,1H3,(H,24,26)/b25-13+. The van der Waals surface area contributed by atoms with E-state index in [2.05, 4.69) is 31.4 Å². The molecule has 3 aromatic rings. The zero-order valence-corrected chi connectivity index (χ0v) is 17.6. The molecule has 0 fully saturated rings. The fraction of sp³-hybridized carbons (Fsp3) is 0.143. The number of hydrazone groups is 1. The van der Waals surface area contributed by atoms with Crippen LogP contribution in [-0.4, -0.2) is 17.8 Å². The molecule has 0 unspecified atom stereocenters. The molecule has 0 aliphatic rings. The molecule has 0 amide bonds. The van der Waals surface area contributed by atoms with Crippen LogP contribution in [-0.2, 0) is 6.61 Å². The largest absolute Gasteiger partial charge is 0.490 e. The van der Waals surface area contributed by atoms with Crippen LogP contribution >= 0.6 is 27.5 Å². The van der Waals surface area contributed by atoms with Crippen molar-refractivity contribution in [2.24, 2.45) is 5.10 Å². The molecule has 1 aromatic heterocycles. The zero-order chi connectivity index (χ0) is 19.8. The maximum Gasteiger partial charge on any atom is 0.162 e. The summed E-state index contributed by atoms with van der Waals surface area (Å²) < 4.78 is 12.5. The number of nitrogens with zero attached hydrogens (tertiary/aromatic N) is 2. The van der Waals surface area contributed by atoms with Crippen LogP contribution in [0.2, 0.25) is 5.02 Å². The molecular formula is C21H19BrClN3O2. The molecule has 0 aliphatic heterocycles. The first-order valence-electron chi connectivity index (χ1n) is 8.70. The molecule has 2 aromatic carbocycles. The second-order valence-corrected chi connectivity index (χ2v) is 6.98. The Morgan fingerprint density at radius 3 is 2.64 bits per heavy atom. The lowest BCUT2D eigenvalue weighted by Crippen LogP contribution is -2.02. The van der Waals surface area contributed by atoms with Crippen LogP contribution in [0.1, 0.15) is 18.1 Å². The van der Waals surface area contributed by atoms with E-state index in [1.54, 1.807) is 12.4 Å². The number of aromatic nitrogens is 1. The van der Waals surface area contributed by atoms with Crippen molar-refractivity contribution in [1.82, 2.24) is 4.98 Å². The van der Waals surface area contributed by atoms with Gasteiger partial charge in [0, 0.05) is 26.8 Å². The van der Waals surface area contributed by atoms with Gasteiger partial charge in [-0.2, -0.15) is 5.10 Å². The highest BCUT2D eigenvalue weighted by atomic mass is 79.9. The first-order valence-corrected chi connectivity index (χ1v) is 9.87. The lowest BCUT2D eigenvalue weighted by molar-refractivity contribution is 0.269. The SMILES string of the molecule is CCOc1cc(/C=N/Nc2ccccn2)c(Br)cc1OCc1ccccc1Cl. The Morgan fingerprint density at radius 2 is 1.89 bits per heavy atom. The number of pyridine rings is 1. The Morgan fingerprint density at radius 1 is 1.11 bits per heavy atom. The fourth-order valence-corrected chi connectivity index (χ4v) is 3.01. The topological polar surface area (TPSA) is 55.7 Å². The number of hydrogen-bond acceptors (Lipinski definition) is 5. The van der Waals surface area contributed by atoms with Gasteiger partial charge in [0.2, 0.25) is 0 Å². The Labute approximate surface area is 177 Å². The number of rotatable bonds is 8. The third-order valence-electron chi connectivity index (χ3n) is 3.75. The van der Waals surface area contributed by atoms with E-state index in [9.17, 15) is 0 Å². The molecule has 0 spiro atoms. The van der Waals surface area contributed by atoms with Crippen LogP contribution in [0.25, 0.3) is 0 Å². The van der Waals surface area contributed by atoms with Gasteiger partial charge in [0.25, 0.3) is 0 Å². The van der Waals surface area contributed by atoms with Crippen LogP contribution in [0.5, 0.6) is 11.5 Å². The van der Waals surface area contributed by atoms with Gasteiger partial charge < -0.3 is 9.47 Å². The maximum atomic E-state index is 6.21. The van der Waals surface area contributed by atoms with Gasteiger partial charge in [-0.1, -0.05) is 35.9 Å². The minimum absolute atomic E-state index is 0.348. The molecule has 28 heavy (non-hydrogen) atoms. The van der Waals surface area contributed by atoms with Crippen molar-refractivity contribution in [3.8, 4) is 11.5 Å². The average Bonchev–Trinajstić information content (AvgIpc) is 2.71. The lowest BCUT2D eigenvalue weighted by atomic mass is 10.2. The van der Waals surface area contributed by atoms with Crippen molar-refractivity contribution in [1.29, 1.82) is 0 Å². The van der Waals surface area contributed by atoms with Gasteiger partial charge >= 0.3 is 0 Å². The minimum atomic E-state index is 0.348. The first kappa shape index (κ1) is 20.2. The summed E-state index contributed by atoms with van der Waals surface area (Å²) in [6.07, 6.45) is 3.39. The molecule has 0 bridgehead atoms. The third kappa shape index (κ3) is 5.47. The molecule has 0 atom stereocenters. The molecule has 1 heterocycles. The van der Waals surface area contributed by atoms with Crippen LogP contribution in [0.4, 0.5) is 5.82 Å². The number of anilines is 1. The number of halogens is 2. The van der Waals surface area contributed by atoms with Crippen molar-refractivity contribution in [2.45, 2.75) is 13.5 Å². The van der Waals surface area contributed by atoms with Crippen LogP contribution < -0.4 is 14.9 Å². The van der Waals surface area contributed by atoms with E-state index in [0.29, 0.717) is 35.6 Å². The summed E-state index contributed by atoms with van der Waals surface area (Å²) in [6.45, 7) is 2.80. The summed E-state index contributed by atoms with van der Waals surface area (Å²) in [5.74, 6) is 1.93. The van der Waals surface area contributed by atoms with E-state index >= 15 is 0 Å². The van der Waals surface area contributed by atoms with E-state index < -0.39 is 0 Å². The van der Waals surface area contributed by atoms with E-state index in [1.165, 1.54) is 0 Å². The maximum absolute atomic E-state index is 6.21. The summed E-state index contributed by atoms with van der Waals surface area (Å²) in [4.78, 5) is 4.16. The minimum Gasteiger partial charge on any atom is -0.490 e. The highest BCUT2D eigenvalue weighted by molar-refractivity contribution is 9.10. The van der Waals surface area contributed by atoms with Gasteiger partial charge in [-0.05, 0) is 53.2 Å². The molecule has 144 valence electrons. The van der Waals surface area contributed by atoms with Gasteiger partial charge in [0.05, 0.1) is 12.8 Å². The predicted molar refractivity (Wildman–Crippen MR) is 117 cm³/mol. The summed E-state index contributed by atoms with van der Waals surface area (Å²) >= 11 is 9.77. The van der Waals surface area contributed by atoms with Crippen LogP contribution in [0, 0.1) is 0 Å².